The van der Waals surface area contributed by atoms with E-state index < -0.39 is 6.10 Å². The molecule has 0 fully saturated rings. The minimum Gasteiger partial charge on any atom is -0.462 e. The predicted octanol–water partition coefficient (Wildman–Crippen LogP) is 23.6. The van der Waals surface area contributed by atoms with Crippen LogP contribution in [-0.2, 0) is 28.6 Å². The van der Waals surface area contributed by atoms with Crippen LogP contribution in [0.3, 0.4) is 0 Å². The maximum absolute atomic E-state index is 12.9. The Labute approximate surface area is 501 Å². The van der Waals surface area contributed by atoms with Crippen molar-refractivity contribution in [1.29, 1.82) is 0 Å². The third-order valence-electron chi connectivity index (χ3n) is 14.4. The van der Waals surface area contributed by atoms with Gasteiger partial charge in [-0.3, -0.25) is 14.4 Å². The van der Waals surface area contributed by atoms with Gasteiger partial charge in [0.05, 0.1) is 0 Å². The highest BCUT2D eigenvalue weighted by molar-refractivity contribution is 5.71. The summed E-state index contributed by atoms with van der Waals surface area (Å²) >= 11 is 0. The van der Waals surface area contributed by atoms with E-state index in [1.165, 1.54) is 141 Å². The van der Waals surface area contributed by atoms with Crippen molar-refractivity contribution in [1.82, 2.24) is 0 Å². The Hall–Kier alpha value is -4.19. The van der Waals surface area contributed by atoms with Crippen LogP contribution < -0.4 is 0 Å². The Kier molecular flexibility index (Phi) is 64.8. The van der Waals surface area contributed by atoms with E-state index in [0.717, 1.165) is 135 Å². The summed E-state index contributed by atoms with van der Waals surface area (Å²) in [7, 11) is 0. The van der Waals surface area contributed by atoms with Crippen molar-refractivity contribution in [3.05, 3.63) is 122 Å². The lowest BCUT2D eigenvalue weighted by atomic mass is 10.1. The van der Waals surface area contributed by atoms with Gasteiger partial charge in [0.25, 0.3) is 0 Å². The largest absolute Gasteiger partial charge is 0.462 e. The maximum Gasteiger partial charge on any atom is 0.306 e. The van der Waals surface area contributed by atoms with E-state index >= 15 is 0 Å². The standard InChI is InChI=1S/C75H126O6/c1-4-7-10-13-16-19-22-25-28-30-31-32-33-34-35-36-37-38-39-40-41-42-43-45-47-50-53-56-59-62-65-68-74(77)80-71-72(70-79-73(76)67-64-61-58-55-52-49-46-27-24-21-18-15-12-9-6-3)81-75(78)69-66-63-60-57-54-51-48-44-29-26-23-20-17-14-11-8-5-2/h7,10,16,18-19,21,25-29,31-32,34-35,37-38,40-41,46,72H,4-6,8-9,11-15,17,20,22-24,30,33,36,39,42-45,47-71H2,1-3H3/b10-7-,19-16-,21-18-,28-25-,29-26-,32-31-,35-34-,38-37-,41-40-,46-27-. The molecule has 0 aliphatic heterocycles. The Bertz CT molecular complexity index is 1670. The van der Waals surface area contributed by atoms with Crippen LogP contribution in [0.2, 0.25) is 0 Å². The molecule has 0 spiro atoms. The zero-order valence-electron chi connectivity index (χ0n) is 53.0. The Morgan fingerprint density at radius 3 is 0.790 bits per heavy atom. The predicted molar refractivity (Wildman–Crippen MR) is 353 cm³/mol. The van der Waals surface area contributed by atoms with Gasteiger partial charge in [-0.2, -0.15) is 0 Å². The van der Waals surface area contributed by atoms with E-state index in [-0.39, 0.29) is 31.1 Å². The number of unbranched alkanes of at least 4 members (excludes halogenated alkanes) is 30. The summed E-state index contributed by atoms with van der Waals surface area (Å²) in [6, 6.07) is 0. The molecule has 81 heavy (non-hydrogen) atoms. The smallest absolute Gasteiger partial charge is 0.306 e. The summed E-state index contributed by atoms with van der Waals surface area (Å²) in [6.07, 6.45) is 94.9. The fraction of sp³-hybridized carbons (Fsp3) is 0.693. The van der Waals surface area contributed by atoms with Gasteiger partial charge >= 0.3 is 17.9 Å². The average molecular weight is 1120 g/mol. The minimum absolute atomic E-state index is 0.0882. The highest BCUT2D eigenvalue weighted by Crippen LogP contribution is 2.16. The second-order valence-electron chi connectivity index (χ2n) is 22.3. The highest BCUT2D eigenvalue weighted by Gasteiger charge is 2.19. The molecule has 0 aromatic carbocycles. The van der Waals surface area contributed by atoms with E-state index in [1.54, 1.807) is 0 Å². The molecule has 6 heteroatoms. The number of carbonyl (C=O) groups is 3. The molecule has 0 heterocycles. The molecule has 0 aromatic rings. The molecule has 0 aliphatic carbocycles. The molecule has 0 saturated carbocycles. The molecule has 0 aromatic heterocycles. The van der Waals surface area contributed by atoms with Crippen LogP contribution in [0.15, 0.2) is 122 Å². The van der Waals surface area contributed by atoms with Crippen molar-refractivity contribution in [2.75, 3.05) is 13.2 Å². The summed E-state index contributed by atoms with van der Waals surface area (Å²) in [4.78, 5) is 38.4. The van der Waals surface area contributed by atoms with E-state index in [0.29, 0.717) is 19.3 Å². The van der Waals surface area contributed by atoms with Crippen LogP contribution >= 0.6 is 0 Å². The zero-order valence-corrected chi connectivity index (χ0v) is 53.0. The zero-order chi connectivity index (χ0) is 58.5. The molecule has 0 radical (unpaired) electrons. The molecule has 1 atom stereocenters. The number of allylic oxidation sites excluding steroid dienone is 20. The average Bonchev–Trinajstić information content (AvgIpc) is 3.47. The molecule has 0 N–H and O–H groups in total. The SMILES string of the molecule is CC/C=C\C/C=C\C/C=C\C/C=C\C/C=C\C/C=C\C/C=C\CCCCCCCCCCCC(=O)OCC(COC(=O)CCCCCCC/C=C\C/C=C\CCCCC)OC(=O)CCCCCCCCC/C=C\CCCCCCCC. The molecule has 0 rings (SSSR count). The summed E-state index contributed by atoms with van der Waals surface area (Å²) in [5.74, 6) is -0.904. The first-order chi connectivity index (χ1) is 40.0. The van der Waals surface area contributed by atoms with Gasteiger partial charge in [-0.25, -0.2) is 0 Å². The van der Waals surface area contributed by atoms with Gasteiger partial charge in [0.15, 0.2) is 6.10 Å². The summed E-state index contributed by atoms with van der Waals surface area (Å²) in [5, 5.41) is 0. The summed E-state index contributed by atoms with van der Waals surface area (Å²) < 4.78 is 16.9. The first-order valence-corrected chi connectivity index (χ1v) is 34.0. The fourth-order valence-electron chi connectivity index (χ4n) is 9.33. The molecular formula is C75H126O6. The van der Waals surface area contributed by atoms with Gasteiger partial charge in [-0.05, 0) is 135 Å². The number of hydrogen-bond donors (Lipinski definition) is 0. The van der Waals surface area contributed by atoms with E-state index in [1.807, 2.05) is 0 Å². The topological polar surface area (TPSA) is 78.9 Å². The first kappa shape index (κ1) is 76.8. The van der Waals surface area contributed by atoms with Gasteiger partial charge in [0.2, 0.25) is 0 Å². The lowest BCUT2D eigenvalue weighted by Crippen LogP contribution is -2.30. The van der Waals surface area contributed by atoms with Crippen LogP contribution in [0.1, 0.15) is 316 Å². The maximum atomic E-state index is 12.9. The van der Waals surface area contributed by atoms with Gasteiger partial charge in [0, 0.05) is 19.3 Å². The molecule has 0 bridgehead atoms. The second kappa shape index (κ2) is 68.3. The third-order valence-corrected chi connectivity index (χ3v) is 14.4. The minimum atomic E-state index is -0.792. The lowest BCUT2D eigenvalue weighted by Gasteiger charge is -2.18. The fourth-order valence-corrected chi connectivity index (χ4v) is 9.33. The summed E-state index contributed by atoms with van der Waals surface area (Å²) in [5.41, 5.74) is 0. The van der Waals surface area contributed by atoms with Gasteiger partial charge in [-0.15, -0.1) is 0 Å². The number of rotatable bonds is 61. The molecular weight excluding hydrogens is 997 g/mol. The van der Waals surface area contributed by atoms with Crippen molar-refractivity contribution in [2.24, 2.45) is 0 Å². The monoisotopic (exact) mass is 1120 g/mol. The third kappa shape index (κ3) is 66.5. The molecule has 0 amide bonds. The van der Waals surface area contributed by atoms with Crippen LogP contribution in [0.25, 0.3) is 0 Å². The van der Waals surface area contributed by atoms with Crippen molar-refractivity contribution in [3.63, 3.8) is 0 Å². The van der Waals surface area contributed by atoms with Gasteiger partial charge in [0.1, 0.15) is 13.2 Å². The van der Waals surface area contributed by atoms with Crippen LogP contribution in [0.4, 0.5) is 0 Å². The lowest BCUT2D eigenvalue weighted by molar-refractivity contribution is -0.167. The Morgan fingerprint density at radius 2 is 0.481 bits per heavy atom. The molecule has 462 valence electrons. The molecule has 0 aliphatic rings. The first-order valence-electron chi connectivity index (χ1n) is 34.0. The van der Waals surface area contributed by atoms with Crippen LogP contribution in [-0.4, -0.2) is 37.2 Å². The number of carbonyl (C=O) groups excluding carboxylic acids is 3. The van der Waals surface area contributed by atoms with E-state index in [2.05, 4.69) is 142 Å². The quantitative estimate of drug-likeness (QED) is 0.0261. The Balaban J connectivity index is 4.33. The van der Waals surface area contributed by atoms with E-state index in [4.69, 9.17) is 14.2 Å². The number of esters is 3. The van der Waals surface area contributed by atoms with Gasteiger partial charge in [-0.1, -0.05) is 284 Å². The Morgan fingerprint density at radius 1 is 0.259 bits per heavy atom. The van der Waals surface area contributed by atoms with Crippen LogP contribution in [0.5, 0.6) is 0 Å². The molecule has 6 nitrogen and oxygen atoms in total. The van der Waals surface area contributed by atoms with Crippen LogP contribution in [0, 0.1) is 0 Å². The van der Waals surface area contributed by atoms with E-state index in [9.17, 15) is 14.4 Å². The summed E-state index contributed by atoms with van der Waals surface area (Å²) in [6.45, 7) is 6.50. The number of hydrogen-bond acceptors (Lipinski definition) is 6. The molecule has 1 unspecified atom stereocenters. The highest BCUT2D eigenvalue weighted by atomic mass is 16.6. The normalized spacial score (nSPS) is 12.9. The molecule has 0 saturated heterocycles. The van der Waals surface area contributed by atoms with Crippen molar-refractivity contribution in [2.45, 2.75) is 322 Å². The van der Waals surface area contributed by atoms with Crippen molar-refractivity contribution >= 4 is 17.9 Å². The number of ether oxygens (including phenoxy) is 3. The second-order valence-corrected chi connectivity index (χ2v) is 22.3. The van der Waals surface area contributed by atoms with Crippen molar-refractivity contribution in [3.8, 4) is 0 Å². The van der Waals surface area contributed by atoms with Crippen molar-refractivity contribution < 1.29 is 28.6 Å². The van der Waals surface area contributed by atoms with Gasteiger partial charge < -0.3 is 14.2 Å².